The minimum absolute atomic E-state index is 0.163. The van der Waals surface area contributed by atoms with E-state index in [0.717, 1.165) is 34.9 Å². The van der Waals surface area contributed by atoms with Gasteiger partial charge in [-0.05, 0) is 43.0 Å². The van der Waals surface area contributed by atoms with Crippen LogP contribution in [0.1, 0.15) is 34.5 Å². The highest BCUT2D eigenvalue weighted by Crippen LogP contribution is 2.32. The van der Waals surface area contributed by atoms with Crippen LogP contribution in [-0.4, -0.2) is 10.8 Å². The largest absolute Gasteiger partial charge is 0.292 e. The number of pyridine rings is 1. The number of hydrogen-bond donors (Lipinski definition) is 0. The van der Waals surface area contributed by atoms with Crippen molar-refractivity contribution in [3.63, 3.8) is 0 Å². The summed E-state index contributed by atoms with van der Waals surface area (Å²) in [6.07, 6.45) is 2.47. The number of carbonyl (C=O) groups excluding carboxylic acids is 1. The van der Waals surface area contributed by atoms with Crippen molar-refractivity contribution in [1.82, 2.24) is 4.98 Å². The zero-order valence-electron chi connectivity index (χ0n) is 9.59. The van der Waals surface area contributed by atoms with E-state index < -0.39 is 0 Å². The smallest absolute Gasteiger partial charge is 0.181 e. The predicted molar refractivity (Wildman–Crippen MR) is 68.8 cm³/mol. The lowest BCUT2D eigenvalue weighted by Gasteiger charge is -2.18. The summed E-state index contributed by atoms with van der Waals surface area (Å²) in [7, 11) is 0. The average molecular weight is 246 g/mol. The van der Waals surface area contributed by atoms with Crippen molar-refractivity contribution in [3.8, 4) is 0 Å². The minimum atomic E-state index is 0.163. The normalized spacial score (nSPS) is 15.1. The van der Waals surface area contributed by atoms with Gasteiger partial charge in [0.25, 0.3) is 0 Å². The van der Waals surface area contributed by atoms with E-state index in [1.807, 2.05) is 25.1 Å². The Kier molecular flexibility index (Phi) is 2.40. The Labute approximate surface area is 105 Å². The first-order valence-corrected chi connectivity index (χ1v) is 6.17. The molecule has 17 heavy (non-hydrogen) atoms. The van der Waals surface area contributed by atoms with Gasteiger partial charge in [0.2, 0.25) is 0 Å². The summed E-state index contributed by atoms with van der Waals surface area (Å²) >= 11 is 6.22. The number of ketones is 1. The molecule has 1 heterocycles. The molecule has 0 spiro atoms. The summed E-state index contributed by atoms with van der Waals surface area (Å²) in [5.41, 5.74) is 3.68. The van der Waals surface area contributed by atoms with Gasteiger partial charge in [-0.15, -0.1) is 0 Å². The van der Waals surface area contributed by atoms with Crippen molar-refractivity contribution < 1.29 is 4.79 Å². The van der Waals surface area contributed by atoms with Gasteiger partial charge in [-0.2, -0.15) is 0 Å². The number of halogens is 1. The molecule has 0 amide bonds. The molecular weight excluding hydrogens is 234 g/mol. The van der Waals surface area contributed by atoms with Crippen molar-refractivity contribution in [2.75, 3.05) is 0 Å². The SMILES string of the molecule is Cc1c2c(nc3cccc(Cl)c13)C(=O)CCC2. The molecule has 0 saturated carbocycles. The lowest BCUT2D eigenvalue weighted by Crippen LogP contribution is -2.15. The first-order chi connectivity index (χ1) is 8.18. The lowest BCUT2D eigenvalue weighted by molar-refractivity contribution is 0.0967. The molecule has 0 saturated heterocycles. The molecule has 86 valence electrons. The average Bonchev–Trinajstić information content (AvgIpc) is 2.31. The van der Waals surface area contributed by atoms with E-state index in [1.165, 1.54) is 0 Å². The number of fused-ring (bicyclic) bond motifs is 2. The van der Waals surface area contributed by atoms with Crippen LogP contribution >= 0.6 is 11.6 Å². The molecule has 1 aromatic carbocycles. The molecule has 0 N–H and O–H groups in total. The molecule has 0 bridgehead atoms. The molecular formula is C14H12ClNO. The van der Waals surface area contributed by atoms with Crippen LogP contribution in [0.5, 0.6) is 0 Å². The number of Topliss-reactive ketones (excluding diaryl/α,β-unsaturated/α-hetero) is 1. The van der Waals surface area contributed by atoms with E-state index in [9.17, 15) is 4.79 Å². The second-order valence-electron chi connectivity index (χ2n) is 4.47. The fraction of sp³-hybridized carbons (Fsp3) is 0.286. The first-order valence-electron chi connectivity index (χ1n) is 5.79. The molecule has 0 atom stereocenters. The van der Waals surface area contributed by atoms with Gasteiger partial charge in [0, 0.05) is 11.8 Å². The van der Waals surface area contributed by atoms with E-state index >= 15 is 0 Å². The van der Waals surface area contributed by atoms with Crippen molar-refractivity contribution >= 4 is 28.3 Å². The van der Waals surface area contributed by atoms with Crippen LogP contribution in [0.25, 0.3) is 10.9 Å². The Morgan fingerprint density at radius 1 is 1.29 bits per heavy atom. The van der Waals surface area contributed by atoms with Crippen LogP contribution in [-0.2, 0) is 6.42 Å². The molecule has 0 unspecified atom stereocenters. The van der Waals surface area contributed by atoms with Gasteiger partial charge in [-0.1, -0.05) is 17.7 Å². The van der Waals surface area contributed by atoms with Crippen LogP contribution < -0.4 is 0 Å². The summed E-state index contributed by atoms with van der Waals surface area (Å²) in [5.74, 6) is 0.163. The lowest BCUT2D eigenvalue weighted by atomic mass is 9.90. The third-order valence-electron chi connectivity index (χ3n) is 3.43. The summed E-state index contributed by atoms with van der Waals surface area (Å²) in [6.45, 7) is 2.04. The van der Waals surface area contributed by atoms with Crippen LogP contribution in [0.4, 0.5) is 0 Å². The van der Waals surface area contributed by atoms with Crippen LogP contribution in [0, 0.1) is 6.92 Å². The molecule has 0 aliphatic heterocycles. The topological polar surface area (TPSA) is 30.0 Å². The molecule has 1 aliphatic carbocycles. The molecule has 1 aliphatic rings. The van der Waals surface area contributed by atoms with E-state index in [1.54, 1.807) is 0 Å². The maximum absolute atomic E-state index is 11.9. The summed E-state index contributed by atoms with van der Waals surface area (Å²) in [5, 5.41) is 1.70. The highest BCUT2D eigenvalue weighted by Gasteiger charge is 2.22. The molecule has 0 radical (unpaired) electrons. The maximum atomic E-state index is 11.9. The van der Waals surface area contributed by atoms with E-state index in [2.05, 4.69) is 4.98 Å². The van der Waals surface area contributed by atoms with Crippen LogP contribution in [0.15, 0.2) is 18.2 Å². The number of carbonyl (C=O) groups is 1. The van der Waals surface area contributed by atoms with Crippen molar-refractivity contribution in [2.24, 2.45) is 0 Å². The molecule has 1 aromatic heterocycles. The molecule has 3 rings (SSSR count). The monoisotopic (exact) mass is 245 g/mol. The molecule has 2 aromatic rings. The standard InChI is InChI=1S/C14H12ClNO/c1-8-9-4-2-7-12(17)14(9)16-11-6-3-5-10(15)13(8)11/h3,5-6H,2,4,7H2,1H3. The fourth-order valence-electron chi connectivity index (χ4n) is 2.57. The zero-order chi connectivity index (χ0) is 12.0. The van der Waals surface area contributed by atoms with Crippen molar-refractivity contribution in [3.05, 3.63) is 40.0 Å². The third kappa shape index (κ3) is 1.55. The van der Waals surface area contributed by atoms with Gasteiger partial charge in [0.1, 0.15) is 5.69 Å². The summed E-state index contributed by atoms with van der Waals surface area (Å²) < 4.78 is 0. The highest BCUT2D eigenvalue weighted by molar-refractivity contribution is 6.35. The number of benzene rings is 1. The van der Waals surface area contributed by atoms with Crippen LogP contribution in [0.2, 0.25) is 5.02 Å². The van der Waals surface area contributed by atoms with Crippen molar-refractivity contribution in [2.45, 2.75) is 26.2 Å². The summed E-state index contributed by atoms with van der Waals surface area (Å²) in [4.78, 5) is 16.4. The molecule has 3 heteroatoms. The van der Waals surface area contributed by atoms with E-state index in [4.69, 9.17) is 11.6 Å². The minimum Gasteiger partial charge on any atom is -0.292 e. The maximum Gasteiger partial charge on any atom is 0.181 e. The van der Waals surface area contributed by atoms with Gasteiger partial charge in [0.15, 0.2) is 5.78 Å². The number of rotatable bonds is 0. The van der Waals surface area contributed by atoms with Crippen LogP contribution in [0.3, 0.4) is 0 Å². The number of aryl methyl sites for hydroxylation is 1. The Morgan fingerprint density at radius 2 is 2.12 bits per heavy atom. The van der Waals surface area contributed by atoms with Crippen molar-refractivity contribution in [1.29, 1.82) is 0 Å². The molecule has 2 nitrogen and oxygen atoms in total. The van der Waals surface area contributed by atoms with Gasteiger partial charge < -0.3 is 0 Å². The van der Waals surface area contributed by atoms with Gasteiger partial charge in [-0.3, -0.25) is 4.79 Å². The third-order valence-corrected chi connectivity index (χ3v) is 3.75. The number of hydrogen-bond acceptors (Lipinski definition) is 2. The quantitative estimate of drug-likeness (QED) is 0.708. The second-order valence-corrected chi connectivity index (χ2v) is 4.88. The van der Waals surface area contributed by atoms with E-state index in [-0.39, 0.29) is 5.78 Å². The van der Waals surface area contributed by atoms with E-state index in [0.29, 0.717) is 17.1 Å². The first kappa shape index (κ1) is 10.7. The number of aromatic nitrogens is 1. The highest BCUT2D eigenvalue weighted by atomic mass is 35.5. The second kappa shape index (κ2) is 3.81. The van der Waals surface area contributed by atoms with Gasteiger partial charge in [-0.25, -0.2) is 4.98 Å². The molecule has 0 fully saturated rings. The Morgan fingerprint density at radius 3 is 2.94 bits per heavy atom. The zero-order valence-corrected chi connectivity index (χ0v) is 10.3. The Bertz CT molecular complexity index is 634. The van der Waals surface area contributed by atoms with Gasteiger partial charge in [0.05, 0.1) is 10.5 Å². The van der Waals surface area contributed by atoms with Gasteiger partial charge >= 0.3 is 0 Å². The summed E-state index contributed by atoms with van der Waals surface area (Å²) in [6, 6.07) is 5.66. The Balaban J connectivity index is 2.43. The Hall–Kier alpha value is -1.41. The predicted octanol–water partition coefficient (Wildman–Crippen LogP) is 3.72. The fourth-order valence-corrected chi connectivity index (χ4v) is 2.89. The number of nitrogens with zero attached hydrogens (tertiary/aromatic N) is 1.